The van der Waals surface area contributed by atoms with E-state index in [2.05, 4.69) is 0 Å². The number of carbonyl (C=O) groups is 1. The van der Waals surface area contributed by atoms with Crippen LogP contribution in [0.2, 0.25) is 0 Å². The molecular weight excluding hydrogens is 204 g/mol. The zero-order valence-electron chi connectivity index (χ0n) is 8.41. The molecular formula is C9H16O6. The fourth-order valence-electron chi connectivity index (χ4n) is 1.63. The van der Waals surface area contributed by atoms with Crippen LogP contribution in [0.15, 0.2) is 0 Å². The van der Waals surface area contributed by atoms with E-state index in [1.54, 1.807) is 0 Å². The summed E-state index contributed by atoms with van der Waals surface area (Å²) in [5.74, 6) is -0.195. The molecule has 1 rings (SSSR count). The van der Waals surface area contributed by atoms with Gasteiger partial charge in [0.1, 0.15) is 30.2 Å². The van der Waals surface area contributed by atoms with Crippen LogP contribution in [0.4, 0.5) is 0 Å². The maximum atomic E-state index is 10.8. The van der Waals surface area contributed by atoms with E-state index in [1.807, 2.05) is 0 Å². The van der Waals surface area contributed by atoms with E-state index in [9.17, 15) is 20.1 Å². The highest BCUT2D eigenvalue weighted by Gasteiger charge is 2.43. The van der Waals surface area contributed by atoms with Gasteiger partial charge in [0.15, 0.2) is 0 Å². The molecule has 4 N–H and O–H groups in total. The van der Waals surface area contributed by atoms with Gasteiger partial charge in [0.2, 0.25) is 0 Å². The van der Waals surface area contributed by atoms with Crippen molar-refractivity contribution in [3.05, 3.63) is 0 Å². The predicted octanol–water partition coefficient (Wildman–Crippen LogP) is -2.19. The molecule has 0 bridgehead atoms. The number of Topliss-reactive ketones (excluding diaryl/α,β-unsaturated/α-hetero) is 1. The fraction of sp³-hybridized carbons (Fsp3) is 0.889. The first-order valence-corrected chi connectivity index (χ1v) is 4.77. The number of carbonyl (C=O) groups excluding carboxylic acids is 1. The number of hydrogen-bond acceptors (Lipinski definition) is 6. The van der Waals surface area contributed by atoms with Gasteiger partial charge in [0.25, 0.3) is 0 Å². The first kappa shape index (κ1) is 12.5. The molecule has 0 aliphatic carbocycles. The molecule has 1 fully saturated rings. The molecule has 0 radical (unpaired) electrons. The SMILES string of the molecule is CC(=O)C[C@@H]1O[C@H](CO)[C@H](O)[C@H](O)[C@H]1O. The molecule has 0 aromatic heterocycles. The van der Waals surface area contributed by atoms with Crippen LogP contribution in [0.25, 0.3) is 0 Å². The number of aliphatic hydroxyl groups excluding tert-OH is 4. The van der Waals surface area contributed by atoms with Crippen LogP contribution >= 0.6 is 0 Å². The minimum absolute atomic E-state index is 0.0541. The Labute approximate surface area is 87.1 Å². The summed E-state index contributed by atoms with van der Waals surface area (Å²) in [5.41, 5.74) is 0. The van der Waals surface area contributed by atoms with Gasteiger partial charge in [0.05, 0.1) is 12.7 Å². The zero-order chi connectivity index (χ0) is 11.6. The van der Waals surface area contributed by atoms with Crippen molar-refractivity contribution in [3.8, 4) is 0 Å². The number of hydrogen-bond donors (Lipinski definition) is 4. The van der Waals surface area contributed by atoms with Crippen molar-refractivity contribution in [1.82, 2.24) is 0 Å². The first-order chi connectivity index (χ1) is 6.97. The summed E-state index contributed by atoms with van der Waals surface area (Å²) in [4.78, 5) is 10.8. The maximum absolute atomic E-state index is 10.8. The van der Waals surface area contributed by atoms with Crippen molar-refractivity contribution < 1.29 is 30.0 Å². The number of ketones is 1. The Morgan fingerprint density at radius 2 is 1.67 bits per heavy atom. The number of aliphatic hydroxyl groups is 4. The first-order valence-electron chi connectivity index (χ1n) is 4.77. The van der Waals surface area contributed by atoms with Crippen LogP contribution in [0.1, 0.15) is 13.3 Å². The topological polar surface area (TPSA) is 107 Å². The van der Waals surface area contributed by atoms with Crippen LogP contribution in [-0.4, -0.2) is 63.3 Å². The van der Waals surface area contributed by atoms with E-state index in [1.165, 1.54) is 6.92 Å². The highest BCUT2D eigenvalue weighted by Crippen LogP contribution is 2.23. The second-order valence-electron chi connectivity index (χ2n) is 3.77. The summed E-state index contributed by atoms with van der Waals surface area (Å²) in [7, 11) is 0. The lowest BCUT2D eigenvalue weighted by molar-refractivity contribution is -0.229. The summed E-state index contributed by atoms with van der Waals surface area (Å²) >= 11 is 0. The zero-order valence-corrected chi connectivity index (χ0v) is 8.41. The van der Waals surface area contributed by atoms with Crippen molar-refractivity contribution in [2.45, 2.75) is 43.9 Å². The molecule has 0 aromatic rings. The average molecular weight is 220 g/mol. The average Bonchev–Trinajstić information content (AvgIpc) is 2.18. The van der Waals surface area contributed by atoms with E-state index in [-0.39, 0.29) is 12.2 Å². The van der Waals surface area contributed by atoms with E-state index >= 15 is 0 Å². The Morgan fingerprint density at radius 1 is 1.13 bits per heavy atom. The monoisotopic (exact) mass is 220 g/mol. The second kappa shape index (κ2) is 5.00. The Bertz CT molecular complexity index is 229. The van der Waals surface area contributed by atoms with Crippen molar-refractivity contribution in [2.75, 3.05) is 6.61 Å². The van der Waals surface area contributed by atoms with Gasteiger partial charge in [-0.25, -0.2) is 0 Å². The van der Waals surface area contributed by atoms with Gasteiger partial charge in [-0.3, -0.25) is 4.79 Å². The summed E-state index contributed by atoms with van der Waals surface area (Å²) in [6.07, 6.45) is -5.95. The van der Waals surface area contributed by atoms with Gasteiger partial charge < -0.3 is 25.2 Å². The lowest BCUT2D eigenvalue weighted by Gasteiger charge is -2.39. The van der Waals surface area contributed by atoms with Gasteiger partial charge >= 0.3 is 0 Å². The third-order valence-corrected chi connectivity index (χ3v) is 2.48. The molecule has 0 spiro atoms. The number of rotatable bonds is 3. The van der Waals surface area contributed by atoms with Crippen LogP contribution in [0, 0.1) is 0 Å². The largest absolute Gasteiger partial charge is 0.394 e. The fourth-order valence-corrected chi connectivity index (χ4v) is 1.63. The number of ether oxygens (including phenoxy) is 1. The summed E-state index contributed by atoms with van der Waals surface area (Å²) in [5, 5.41) is 37.2. The molecule has 1 aliphatic heterocycles. The van der Waals surface area contributed by atoms with Gasteiger partial charge in [-0.1, -0.05) is 0 Å². The minimum atomic E-state index is -1.40. The molecule has 0 aromatic carbocycles. The Balaban J connectivity index is 2.69. The molecule has 0 amide bonds. The summed E-state index contributed by atoms with van der Waals surface area (Å²) in [6, 6.07) is 0. The van der Waals surface area contributed by atoms with Crippen LogP contribution in [0.5, 0.6) is 0 Å². The molecule has 88 valence electrons. The molecule has 1 saturated heterocycles. The summed E-state index contributed by atoms with van der Waals surface area (Å²) in [6.45, 7) is 0.862. The van der Waals surface area contributed by atoms with Crippen molar-refractivity contribution in [2.24, 2.45) is 0 Å². The van der Waals surface area contributed by atoms with Gasteiger partial charge in [-0.2, -0.15) is 0 Å². The lowest BCUT2D eigenvalue weighted by Crippen LogP contribution is -2.58. The van der Waals surface area contributed by atoms with Crippen molar-refractivity contribution >= 4 is 5.78 Å². The van der Waals surface area contributed by atoms with Crippen LogP contribution in [-0.2, 0) is 9.53 Å². The predicted molar refractivity (Wildman–Crippen MR) is 49.1 cm³/mol. The van der Waals surface area contributed by atoms with Crippen molar-refractivity contribution in [3.63, 3.8) is 0 Å². The molecule has 15 heavy (non-hydrogen) atoms. The van der Waals surface area contributed by atoms with E-state index in [0.29, 0.717) is 0 Å². The highest BCUT2D eigenvalue weighted by atomic mass is 16.5. The standard InChI is InChI=1S/C9H16O6/c1-4(11)2-5-7(12)9(14)8(13)6(3-10)15-5/h5-10,12-14H,2-3H2,1H3/t5-,6+,7-,8-,9+/m0/s1. The lowest BCUT2D eigenvalue weighted by atomic mass is 9.93. The van der Waals surface area contributed by atoms with Crippen molar-refractivity contribution in [1.29, 1.82) is 0 Å². The molecule has 1 heterocycles. The van der Waals surface area contributed by atoms with Crippen LogP contribution < -0.4 is 0 Å². The minimum Gasteiger partial charge on any atom is -0.394 e. The Hall–Kier alpha value is -0.530. The molecule has 5 atom stereocenters. The maximum Gasteiger partial charge on any atom is 0.132 e. The molecule has 0 saturated carbocycles. The highest BCUT2D eigenvalue weighted by molar-refractivity contribution is 5.76. The molecule has 0 unspecified atom stereocenters. The third-order valence-electron chi connectivity index (χ3n) is 2.48. The van der Waals surface area contributed by atoms with E-state index in [0.717, 1.165) is 0 Å². The second-order valence-corrected chi connectivity index (χ2v) is 3.77. The van der Waals surface area contributed by atoms with Crippen LogP contribution in [0.3, 0.4) is 0 Å². The Kier molecular flexibility index (Phi) is 4.18. The summed E-state index contributed by atoms with van der Waals surface area (Å²) < 4.78 is 5.11. The van der Waals surface area contributed by atoms with Gasteiger partial charge in [0, 0.05) is 6.42 Å². The van der Waals surface area contributed by atoms with E-state index in [4.69, 9.17) is 9.84 Å². The molecule has 1 aliphatic rings. The Morgan fingerprint density at radius 3 is 2.13 bits per heavy atom. The molecule has 6 nitrogen and oxygen atoms in total. The van der Waals surface area contributed by atoms with Gasteiger partial charge in [-0.15, -0.1) is 0 Å². The molecule has 6 heteroatoms. The normalized spacial score (nSPS) is 41.5. The van der Waals surface area contributed by atoms with E-state index < -0.39 is 37.1 Å². The smallest absolute Gasteiger partial charge is 0.132 e. The third kappa shape index (κ3) is 2.73. The quantitative estimate of drug-likeness (QED) is 0.430. The van der Waals surface area contributed by atoms with Gasteiger partial charge in [-0.05, 0) is 6.92 Å².